The van der Waals surface area contributed by atoms with Crippen molar-refractivity contribution >= 4 is 6.29 Å². The van der Waals surface area contributed by atoms with Crippen molar-refractivity contribution in [2.45, 2.75) is 46.8 Å². The number of rotatable bonds is 4. The largest absolute Gasteiger partial charge is 0.374 e. The Kier molecular flexibility index (Phi) is 3.86. The van der Waals surface area contributed by atoms with Gasteiger partial charge in [-0.05, 0) is 34.6 Å². The standard InChI is InChI=1S/C12H20N2O2/c1-9-11(8-15)10(2)14(13-9)6-7-16-12(3,4)5/h8H,6-7H2,1-5H3. The third kappa shape index (κ3) is 3.17. The molecule has 0 saturated carbocycles. The molecule has 0 unspecified atom stereocenters. The fourth-order valence-electron chi connectivity index (χ4n) is 1.54. The molecule has 0 spiro atoms. The highest BCUT2D eigenvalue weighted by Gasteiger charge is 2.12. The summed E-state index contributed by atoms with van der Waals surface area (Å²) in [6.45, 7) is 11.1. The van der Waals surface area contributed by atoms with Crippen molar-refractivity contribution < 1.29 is 9.53 Å². The van der Waals surface area contributed by atoms with Gasteiger partial charge in [-0.3, -0.25) is 9.48 Å². The number of carbonyl (C=O) groups is 1. The zero-order valence-electron chi connectivity index (χ0n) is 10.7. The van der Waals surface area contributed by atoms with Gasteiger partial charge in [0.2, 0.25) is 0 Å². The van der Waals surface area contributed by atoms with Gasteiger partial charge in [0, 0.05) is 5.69 Å². The highest BCUT2D eigenvalue weighted by Crippen LogP contribution is 2.11. The first-order valence-electron chi connectivity index (χ1n) is 5.48. The number of nitrogens with zero attached hydrogens (tertiary/aromatic N) is 2. The maximum Gasteiger partial charge on any atom is 0.153 e. The summed E-state index contributed by atoms with van der Waals surface area (Å²) < 4.78 is 7.45. The molecule has 1 aromatic heterocycles. The molecule has 4 heteroatoms. The first-order chi connectivity index (χ1) is 7.35. The number of aryl methyl sites for hydroxylation is 1. The Labute approximate surface area is 96.6 Å². The van der Waals surface area contributed by atoms with Crippen LogP contribution in [-0.4, -0.2) is 28.3 Å². The molecule has 0 aliphatic carbocycles. The minimum absolute atomic E-state index is 0.135. The maximum absolute atomic E-state index is 10.8. The Hall–Kier alpha value is -1.16. The molecule has 1 heterocycles. The molecule has 0 N–H and O–H groups in total. The van der Waals surface area contributed by atoms with Crippen LogP contribution in [0.5, 0.6) is 0 Å². The van der Waals surface area contributed by atoms with Crippen molar-refractivity contribution in [2.75, 3.05) is 6.61 Å². The van der Waals surface area contributed by atoms with Crippen molar-refractivity contribution in [2.24, 2.45) is 0 Å². The smallest absolute Gasteiger partial charge is 0.153 e. The molecule has 90 valence electrons. The lowest BCUT2D eigenvalue weighted by atomic mass is 10.2. The van der Waals surface area contributed by atoms with Crippen molar-refractivity contribution in [3.63, 3.8) is 0 Å². The summed E-state index contributed by atoms with van der Waals surface area (Å²) in [5.41, 5.74) is 2.24. The van der Waals surface area contributed by atoms with Crippen molar-refractivity contribution in [1.29, 1.82) is 0 Å². The minimum atomic E-state index is -0.135. The van der Waals surface area contributed by atoms with E-state index in [2.05, 4.69) is 5.10 Å². The van der Waals surface area contributed by atoms with Gasteiger partial charge in [-0.25, -0.2) is 0 Å². The summed E-state index contributed by atoms with van der Waals surface area (Å²) in [7, 11) is 0. The van der Waals surface area contributed by atoms with E-state index in [-0.39, 0.29) is 5.60 Å². The molecule has 0 fully saturated rings. The summed E-state index contributed by atoms with van der Waals surface area (Å²) >= 11 is 0. The van der Waals surface area contributed by atoms with Crippen LogP contribution in [0.2, 0.25) is 0 Å². The van der Waals surface area contributed by atoms with Crippen LogP contribution in [0.25, 0.3) is 0 Å². The number of ether oxygens (including phenoxy) is 1. The van der Waals surface area contributed by atoms with Crippen molar-refractivity contribution in [1.82, 2.24) is 9.78 Å². The van der Waals surface area contributed by atoms with E-state index in [4.69, 9.17) is 4.74 Å². The quantitative estimate of drug-likeness (QED) is 0.736. The molecule has 0 bridgehead atoms. The van der Waals surface area contributed by atoms with E-state index < -0.39 is 0 Å². The van der Waals surface area contributed by atoms with Gasteiger partial charge in [0.15, 0.2) is 6.29 Å². The van der Waals surface area contributed by atoms with E-state index in [1.807, 2.05) is 39.3 Å². The molecule has 1 rings (SSSR count). The Morgan fingerprint density at radius 3 is 2.44 bits per heavy atom. The van der Waals surface area contributed by atoms with E-state index >= 15 is 0 Å². The van der Waals surface area contributed by atoms with Crippen LogP contribution in [0.15, 0.2) is 0 Å². The van der Waals surface area contributed by atoms with Gasteiger partial charge in [0.1, 0.15) is 0 Å². The van der Waals surface area contributed by atoms with Crippen LogP contribution < -0.4 is 0 Å². The monoisotopic (exact) mass is 224 g/mol. The van der Waals surface area contributed by atoms with E-state index in [1.54, 1.807) is 0 Å². The Balaban J connectivity index is 2.65. The summed E-state index contributed by atoms with van der Waals surface area (Å²) in [6, 6.07) is 0. The Bertz CT molecular complexity index is 375. The summed E-state index contributed by atoms with van der Waals surface area (Å²) in [5.74, 6) is 0. The van der Waals surface area contributed by atoms with Crippen LogP contribution >= 0.6 is 0 Å². The predicted molar refractivity (Wildman–Crippen MR) is 62.8 cm³/mol. The zero-order chi connectivity index (χ0) is 12.3. The average Bonchev–Trinajstić information content (AvgIpc) is 2.40. The molecular weight excluding hydrogens is 204 g/mol. The molecule has 0 radical (unpaired) electrons. The minimum Gasteiger partial charge on any atom is -0.374 e. The number of hydrogen-bond acceptors (Lipinski definition) is 3. The third-order valence-electron chi connectivity index (χ3n) is 2.39. The van der Waals surface area contributed by atoms with Gasteiger partial charge in [0.25, 0.3) is 0 Å². The Morgan fingerprint density at radius 1 is 1.38 bits per heavy atom. The Morgan fingerprint density at radius 2 is 2.00 bits per heavy atom. The molecular formula is C12H20N2O2. The van der Waals surface area contributed by atoms with Crippen LogP contribution in [-0.2, 0) is 11.3 Å². The molecule has 0 aliphatic rings. The molecule has 16 heavy (non-hydrogen) atoms. The average molecular weight is 224 g/mol. The molecule has 0 aromatic carbocycles. The molecule has 4 nitrogen and oxygen atoms in total. The van der Waals surface area contributed by atoms with Gasteiger partial charge in [-0.1, -0.05) is 0 Å². The van der Waals surface area contributed by atoms with Gasteiger partial charge < -0.3 is 4.74 Å². The molecule has 0 aliphatic heterocycles. The van der Waals surface area contributed by atoms with E-state index in [9.17, 15) is 4.79 Å². The summed E-state index contributed by atoms with van der Waals surface area (Å²) in [4.78, 5) is 10.8. The van der Waals surface area contributed by atoms with Gasteiger partial charge in [-0.15, -0.1) is 0 Å². The fraction of sp³-hybridized carbons (Fsp3) is 0.667. The van der Waals surface area contributed by atoms with E-state index in [0.717, 1.165) is 17.7 Å². The SMILES string of the molecule is Cc1nn(CCOC(C)(C)C)c(C)c1C=O. The maximum atomic E-state index is 10.8. The van der Waals surface area contributed by atoms with Crippen LogP contribution in [0.3, 0.4) is 0 Å². The number of aromatic nitrogens is 2. The lowest BCUT2D eigenvalue weighted by Gasteiger charge is -2.19. The molecule has 1 aromatic rings. The highest BCUT2D eigenvalue weighted by atomic mass is 16.5. The fourth-order valence-corrected chi connectivity index (χ4v) is 1.54. The highest BCUT2D eigenvalue weighted by molar-refractivity contribution is 5.77. The second-order valence-electron chi connectivity index (χ2n) is 4.89. The normalized spacial score (nSPS) is 11.8. The number of carbonyl (C=O) groups excluding carboxylic acids is 1. The summed E-state index contributed by atoms with van der Waals surface area (Å²) in [5, 5.41) is 4.31. The topological polar surface area (TPSA) is 44.1 Å². The number of hydrogen-bond donors (Lipinski definition) is 0. The second kappa shape index (κ2) is 4.78. The van der Waals surface area contributed by atoms with Gasteiger partial charge in [0.05, 0.1) is 30.0 Å². The second-order valence-corrected chi connectivity index (χ2v) is 4.89. The predicted octanol–water partition coefficient (Wildman–Crippen LogP) is 2.13. The lowest BCUT2D eigenvalue weighted by molar-refractivity contribution is -0.00811. The number of aldehydes is 1. The molecule has 0 saturated heterocycles. The molecule has 0 atom stereocenters. The first-order valence-corrected chi connectivity index (χ1v) is 5.48. The van der Waals surface area contributed by atoms with Crippen LogP contribution in [0, 0.1) is 13.8 Å². The van der Waals surface area contributed by atoms with E-state index in [0.29, 0.717) is 18.7 Å². The lowest BCUT2D eigenvalue weighted by Crippen LogP contribution is -2.22. The van der Waals surface area contributed by atoms with Crippen molar-refractivity contribution in [3.05, 3.63) is 17.0 Å². The van der Waals surface area contributed by atoms with Crippen molar-refractivity contribution in [3.8, 4) is 0 Å². The van der Waals surface area contributed by atoms with Crippen LogP contribution in [0.1, 0.15) is 42.5 Å². The van der Waals surface area contributed by atoms with E-state index in [1.165, 1.54) is 0 Å². The summed E-state index contributed by atoms with van der Waals surface area (Å²) in [6.07, 6.45) is 0.860. The molecule has 0 amide bonds. The zero-order valence-corrected chi connectivity index (χ0v) is 10.7. The first kappa shape index (κ1) is 12.9. The van der Waals surface area contributed by atoms with Gasteiger partial charge >= 0.3 is 0 Å². The van der Waals surface area contributed by atoms with Crippen LogP contribution in [0.4, 0.5) is 0 Å². The van der Waals surface area contributed by atoms with Gasteiger partial charge in [-0.2, -0.15) is 5.10 Å². The third-order valence-corrected chi connectivity index (χ3v) is 2.39.